The van der Waals surface area contributed by atoms with Crippen molar-refractivity contribution in [3.63, 3.8) is 0 Å². The van der Waals surface area contributed by atoms with Gasteiger partial charge in [0.05, 0.1) is 10.5 Å². The van der Waals surface area contributed by atoms with E-state index in [0.717, 1.165) is 16.3 Å². The predicted octanol–water partition coefficient (Wildman–Crippen LogP) is 4.16. The molecule has 3 heteroatoms. The van der Waals surface area contributed by atoms with Crippen molar-refractivity contribution in [2.45, 2.75) is 13.8 Å². The van der Waals surface area contributed by atoms with Gasteiger partial charge in [-0.1, -0.05) is 30.8 Å². The Morgan fingerprint density at radius 1 is 1.22 bits per heavy atom. The normalized spacial score (nSPS) is 10.1. The Balaban J connectivity index is 3.05. The van der Waals surface area contributed by atoms with Crippen LogP contribution in [0.2, 0.25) is 0 Å². The van der Waals surface area contributed by atoms with Crippen LogP contribution in [0.25, 0.3) is 16.8 Å². The van der Waals surface area contributed by atoms with Crippen molar-refractivity contribution in [2.24, 2.45) is 0 Å². The highest BCUT2D eigenvalue weighted by Gasteiger charge is 2.21. The first-order chi connectivity index (χ1) is 8.57. The molecule has 0 aliphatic heterocycles. The van der Waals surface area contributed by atoms with E-state index in [0.29, 0.717) is 11.1 Å². The molecule has 0 saturated carbocycles. The number of hydrogen-bond donors (Lipinski definition) is 0. The minimum Gasteiger partial charge on any atom is -0.258 e. The lowest BCUT2D eigenvalue weighted by atomic mass is 9.94. The van der Waals surface area contributed by atoms with Crippen LogP contribution in [0, 0.1) is 24.0 Å². The van der Waals surface area contributed by atoms with Crippen LogP contribution in [-0.2, 0) is 0 Å². The quantitative estimate of drug-likeness (QED) is 0.448. The molecule has 18 heavy (non-hydrogen) atoms. The van der Waals surface area contributed by atoms with Crippen LogP contribution in [0.1, 0.15) is 16.7 Å². The molecule has 0 unspecified atom stereocenters. The summed E-state index contributed by atoms with van der Waals surface area (Å²) >= 11 is 0. The number of hydrogen-bond acceptors (Lipinski definition) is 2. The summed E-state index contributed by atoms with van der Waals surface area (Å²) in [4.78, 5) is 10.9. The molecule has 0 aromatic heterocycles. The predicted molar refractivity (Wildman–Crippen MR) is 73.7 cm³/mol. The van der Waals surface area contributed by atoms with Gasteiger partial charge in [0.15, 0.2) is 0 Å². The van der Waals surface area contributed by atoms with Crippen LogP contribution in [0.4, 0.5) is 5.69 Å². The zero-order valence-electron chi connectivity index (χ0n) is 10.4. The van der Waals surface area contributed by atoms with Gasteiger partial charge in [0.1, 0.15) is 0 Å². The smallest absolute Gasteiger partial charge is 0.258 e. The summed E-state index contributed by atoms with van der Waals surface area (Å²) in [6.45, 7) is 7.17. The standard InChI is InChI=1S/C15H13NO2/c1-4-7-14-10(2)12-8-5-6-9-13(12)11(3)15(14)16(17)18/h5-9H,1H2,2-3H3. The van der Waals surface area contributed by atoms with Gasteiger partial charge in [-0.3, -0.25) is 10.1 Å². The maximum absolute atomic E-state index is 11.3. The van der Waals surface area contributed by atoms with E-state index in [-0.39, 0.29) is 10.6 Å². The van der Waals surface area contributed by atoms with Crippen LogP contribution in [0.3, 0.4) is 0 Å². The highest BCUT2D eigenvalue weighted by Crippen LogP contribution is 2.35. The van der Waals surface area contributed by atoms with Gasteiger partial charge in [0.2, 0.25) is 0 Å². The van der Waals surface area contributed by atoms with Crippen molar-refractivity contribution in [2.75, 3.05) is 0 Å². The summed E-state index contributed by atoms with van der Waals surface area (Å²) in [6, 6.07) is 7.71. The van der Waals surface area contributed by atoms with E-state index in [2.05, 4.69) is 12.3 Å². The second kappa shape index (κ2) is 4.47. The Labute approximate surface area is 105 Å². The third-order valence-corrected chi connectivity index (χ3v) is 3.18. The number of nitro groups is 1. The lowest BCUT2D eigenvalue weighted by molar-refractivity contribution is -0.385. The van der Waals surface area contributed by atoms with Crippen LogP contribution in [0.5, 0.6) is 0 Å². The monoisotopic (exact) mass is 239 g/mol. The molecule has 2 aromatic carbocycles. The lowest BCUT2D eigenvalue weighted by Gasteiger charge is -2.10. The van der Waals surface area contributed by atoms with Gasteiger partial charge in [0.25, 0.3) is 5.69 Å². The van der Waals surface area contributed by atoms with Crippen molar-refractivity contribution in [1.29, 1.82) is 0 Å². The average molecular weight is 239 g/mol. The Morgan fingerprint density at radius 3 is 2.28 bits per heavy atom. The van der Waals surface area contributed by atoms with Gasteiger partial charge in [-0.25, -0.2) is 0 Å². The van der Waals surface area contributed by atoms with Gasteiger partial charge < -0.3 is 0 Å². The van der Waals surface area contributed by atoms with E-state index in [1.54, 1.807) is 13.0 Å². The van der Waals surface area contributed by atoms with E-state index in [1.165, 1.54) is 0 Å². The van der Waals surface area contributed by atoms with Gasteiger partial charge in [-0.05, 0) is 36.3 Å². The molecule has 3 nitrogen and oxygen atoms in total. The number of rotatable bonds is 2. The molecular formula is C15H13NO2. The molecule has 0 atom stereocenters. The summed E-state index contributed by atoms with van der Waals surface area (Å²) in [5.41, 5.74) is 4.93. The maximum Gasteiger partial charge on any atom is 0.280 e. The number of fused-ring (bicyclic) bond motifs is 1. The molecule has 0 spiro atoms. The van der Waals surface area contributed by atoms with Gasteiger partial charge in [-0.2, -0.15) is 0 Å². The molecule has 2 rings (SSSR count). The van der Waals surface area contributed by atoms with Crippen molar-refractivity contribution in [3.05, 3.63) is 63.4 Å². The first-order valence-corrected chi connectivity index (χ1v) is 5.60. The molecule has 0 N–H and O–H groups in total. The number of nitro benzene ring substituents is 1. The van der Waals surface area contributed by atoms with Gasteiger partial charge in [-0.15, -0.1) is 5.73 Å². The summed E-state index contributed by atoms with van der Waals surface area (Å²) < 4.78 is 0. The Morgan fingerprint density at radius 2 is 1.78 bits per heavy atom. The minimum atomic E-state index is -0.335. The zero-order chi connectivity index (χ0) is 13.3. The number of benzene rings is 2. The fraction of sp³-hybridized carbons (Fsp3) is 0.133. The highest BCUT2D eigenvalue weighted by atomic mass is 16.6. The SMILES string of the molecule is C=C=Cc1c([N+](=O)[O-])c(C)c2ccccc2c1C. The van der Waals surface area contributed by atoms with E-state index in [4.69, 9.17) is 0 Å². The fourth-order valence-corrected chi connectivity index (χ4v) is 2.30. The summed E-state index contributed by atoms with van der Waals surface area (Å²) in [7, 11) is 0. The van der Waals surface area contributed by atoms with E-state index < -0.39 is 0 Å². The Kier molecular flexibility index (Phi) is 3.00. The van der Waals surface area contributed by atoms with Crippen LogP contribution in [0.15, 0.2) is 36.6 Å². The van der Waals surface area contributed by atoms with Crippen molar-refractivity contribution in [3.8, 4) is 0 Å². The van der Waals surface area contributed by atoms with Gasteiger partial charge >= 0.3 is 0 Å². The van der Waals surface area contributed by atoms with E-state index >= 15 is 0 Å². The van der Waals surface area contributed by atoms with Crippen LogP contribution in [-0.4, -0.2) is 4.92 Å². The minimum absolute atomic E-state index is 0.141. The Bertz CT molecular complexity index is 649. The molecule has 0 fully saturated rings. The topological polar surface area (TPSA) is 43.1 Å². The molecule has 2 aromatic rings. The van der Waals surface area contributed by atoms with Gasteiger partial charge in [0, 0.05) is 5.56 Å². The molecule has 90 valence electrons. The van der Waals surface area contributed by atoms with Crippen LogP contribution < -0.4 is 0 Å². The molecule has 0 aliphatic rings. The molecule has 0 amide bonds. The van der Waals surface area contributed by atoms with Crippen LogP contribution >= 0.6 is 0 Å². The summed E-state index contributed by atoms with van der Waals surface area (Å²) in [6.07, 6.45) is 1.58. The average Bonchev–Trinajstić information content (AvgIpc) is 2.35. The fourth-order valence-electron chi connectivity index (χ4n) is 2.30. The van der Waals surface area contributed by atoms with Crippen molar-refractivity contribution < 1.29 is 4.92 Å². The maximum atomic E-state index is 11.3. The van der Waals surface area contributed by atoms with Crippen molar-refractivity contribution in [1.82, 2.24) is 0 Å². The third kappa shape index (κ3) is 1.71. The lowest BCUT2D eigenvalue weighted by Crippen LogP contribution is -1.99. The van der Waals surface area contributed by atoms with E-state index in [9.17, 15) is 10.1 Å². The molecule has 0 bridgehead atoms. The summed E-state index contributed by atoms with van der Waals surface area (Å²) in [5.74, 6) is 0. The molecule has 0 saturated heterocycles. The van der Waals surface area contributed by atoms with Crippen molar-refractivity contribution >= 4 is 22.5 Å². The second-order valence-corrected chi connectivity index (χ2v) is 4.16. The summed E-state index contributed by atoms with van der Waals surface area (Å²) in [5, 5.41) is 13.2. The molecule has 0 aliphatic carbocycles. The molecule has 0 heterocycles. The first-order valence-electron chi connectivity index (χ1n) is 5.60. The Hall–Kier alpha value is -2.38. The largest absolute Gasteiger partial charge is 0.280 e. The number of aryl methyl sites for hydroxylation is 2. The first kappa shape index (κ1) is 12.1. The molecular weight excluding hydrogens is 226 g/mol. The molecule has 0 radical (unpaired) electrons. The van der Waals surface area contributed by atoms with E-state index in [1.807, 2.05) is 31.2 Å². The highest BCUT2D eigenvalue weighted by molar-refractivity contribution is 5.95. The number of nitrogens with zero attached hydrogens (tertiary/aromatic N) is 1. The zero-order valence-corrected chi connectivity index (χ0v) is 10.4. The third-order valence-electron chi connectivity index (χ3n) is 3.18. The second-order valence-electron chi connectivity index (χ2n) is 4.16.